The van der Waals surface area contributed by atoms with Gasteiger partial charge >= 0.3 is 0 Å². The quantitative estimate of drug-likeness (QED) is 0.492. The van der Waals surface area contributed by atoms with Gasteiger partial charge in [-0.1, -0.05) is 23.9 Å². The van der Waals surface area contributed by atoms with Crippen LogP contribution in [-0.2, 0) is 15.8 Å². The van der Waals surface area contributed by atoms with Crippen molar-refractivity contribution in [2.45, 2.75) is 28.5 Å². The van der Waals surface area contributed by atoms with Gasteiger partial charge < -0.3 is 4.42 Å². The topological polar surface area (TPSA) is 89.2 Å². The summed E-state index contributed by atoms with van der Waals surface area (Å²) in [6.45, 7) is 1.16. The second-order valence-corrected chi connectivity index (χ2v) is 10.0. The molecule has 1 aromatic carbocycles. The third kappa shape index (κ3) is 4.14. The van der Waals surface area contributed by atoms with E-state index in [-0.39, 0.29) is 4.90 Å². The molecule has 3 aromatic rings. The molecule has 0 unspecified atom stereocenters. The fourth-order valence-corrected chi connectivity index (χ4v) is 5.47. The molecule has 146 valence electrons. The molecule has 0 radical (unpaired) electrons. The van der Waals surface area contributed by atoms with Gasteiger partial charge in [-0.15, -0.1) is 10.2 Å². The van der Waals surface area contributed by atoms with Crippen LogP contribution in [-0.4, -0.2) is 41.0 Å². The molecule has 0 amide bonds. The Bertz CT molecular complexity index is 1060. The Balaban J connectivity index is 1.41. The van der Waals surface area contributed by atoms with Gasteiger partial charge in [0.2, 0.25) is 21.8 Å². The molecule has 3 heterocycles. The molecule has 7 nitrogen and oxygen atoms in total. The molecule has 0 N–H and O–H groups in total. The number of hydrogen-bond donors (Lipinski definition) is 0. The molecule has 1 aliphatic heterocycles. The maximum Gasteiger partial charge on any atom is 0.248 e. The van der Waals surface area contributed by atoms with Gasteiger partial charge in [0.1, 0.15) is 4.90 Å². The lowest BCUT2D eigenvalue weighted by atomic mass is 10.2. The summed E-state index contributed by atoms with van der Waals surface area (Å²) < 4.78 is 33.2. The number of nitrogens with zero attached hydrogens (tertiary/aromatic N) is 4. The predicted molar refractivity (Wildman–Crippen MR) is 109 cm³/mol. The number of rotatable bonds is 6. The van der Waals surface area contributed by atoms with Crippen LogP contribution < -0.4 is 0 Å². The van der Waals surface area contributed by atoms with Gasteiger partial charge in [-0.25, -0.2) is 13.4 Å². The number of pyridine rings is 1. The summed E-state index contributed by atoms with van der Waals surface area (Å²) in [5.74, 6) is 1.37. The maximum atomic E-state index is 12.5. The van der Waals surface area contributed by atoms with Crippen molar-refractivity contribution >= 4 is 37.7 Å². The molecule has 2 aromatic heterocycles. The molecule has 0 spiro atoms. The summed E-state index contributed by atoms with van der Waals surface area (Å²) in [5, 5.41) is 8.85. The van der Waals surface area contributed by atoms with Crippen LogP contribution in [0.3, 0.4) is 0 Å². The number of halogens is 1. The molecular formula is C18H17BrN4O3S2. The average molecular weight is 481 g/mol. The van der Waals surface area contributed by atoms with E-state index in [1.165, 1.54) is 22.3 Å². The van der Waals surface area contributed by atoms with E-state index in [1.807, 2.05) is 24.3 Å². The summed E-state index contributed by atoms with van der Waals surface area (Å²) in [5.41, 5.74) is 0.834. The summed E-state index contributed by atoms with van der Waals surface area (Å²) in [4.78, 5) is 4.50. The monoisotopic (exact) mass is 480 g/mol. The van der Waals surface area contributed by atoms with Crippen molar-refractivity contribution in [2.24, 2.45) is 0 Å². The van der Waals surface area contributed by atoms with Crippen molar-refractivity contribution in [1.29, 1.82) is 0 Å². The number of sulfonamides is 1. The molecule has 1 aliphatic rings. The third-order valence-corrected chi connectivity index (χ3v) is 7.83. The standard InChI is InChI=1S/C18H17BrN4O3S2/c19-15-6-2-1-5-14(15)18-22-21-16(26-18)12-27-17-8-7-13(11-20-17)28(24,25)23-9-3-4-10-23/h1-2,5-8,11H,3-4,9-10,12H2. The highest BCUT2D eigenvalue weighted by Crippen LogP contribution is 2.29. The van der Waals surface area contributed by atoms with Crippen molar-refractivity contribution < 1.29 is 12.8 Å². The first-order valence-corrected chi connectivity index (χ1v) is 11.9. The van der Waals surface area contributed by atoms with Crippen LogP contribution in [0.1, 0.15) is 18.7 Å². The fourth-order valence-electron chi connectivity index (χ4n) is 2.87. The van der Waals surface area contributed by atoms with Crippen LogP contribution in [0.2, 0.25) is 0 Å². The van der Waals surface area contributed by atoms with E-state index >= 15 is 0 Å². The van der Waals surface area contributed by atoms with Crippen LogP contribution in [0.25, 0.3) is 11.5 Å². The number of aromatic nitrogens is 3. The Labute approximate surface area is 175 Å². The van der Waals surface area contributed by atoms with Gasteiger partial charge in [-0.2, -0.15) is 4.31 Å². The van der Waals surface area contributed by atoms with Crippen LogP contribution in [0.15, 0.2) is 61.4 Å². The summed E-state index contributed by atoms with van der Waals surface area (Å²) in [6.07, 6.45) is 3.23. The van der Waals surface area contributed by atoms with Crippen LogP contribution >= 0.6 is 27.7 Å². The molecule has 0 aliphatic carbocycles. The van der Waals surface area contributed by atoms with E-state index in [4.69, 9.17) is 4.42 Å². The van der Waals surface area contributed by atoms with E-state index in [1.54, 1.807) is 12.1 Å². The minimum atomic E-state index is -3.44. The first kappa shape index (κ1) is 19.6. The Morgan fingerprint density at radius 1 is 1.11 bits per heavy atom. The largest absolute Gasteiger partial charge is 0.420 e. The lowest BCUT2D eigenvalue weighted by molar-refractivity contribution is 0.477. The Hall–Kier alpha value is -1.75. The second-order valence-electron chi connectivity index (χ2n) is 6.21. The minimum absolute atomic E-state index is 0.229. The summed E-state index contributed by atoms with van der Waals surface area (Å²) in [6, 6.07) is 10.9. The van der Waals surface area contributed by atoms with Gasteiger partial charge in [0.05, 0.1) is 16.3 Å². The van der Waals surface area contributed by atoms with E-state index in [2.05, 4.69) is 31.1 Å². The maximum absolute atomic E-state index is 12.5. The normalized spacial score (nSPS) is 15.2. The predicted octanol–water partition coefficient (Wildman–Crippen LogP) is 3.97. The van der Waals surface area contributed by atoms with E-state index in [0.717, 1.165) is 22.9 Å². The van der Waals surface area contributed by atoms with Gasteiger partial charge in [-0.05, 0) is 53.0 Å². The summed E-state index contributed by atoms with van der Waals surface area (Å²) >= 11 is 4.88. The zero-order chi connectivity index (χ0) is 19.6. The molecule has 4 rings (SSSR count). The highest BCUT2D eigenvalue weighted by atomic mass is 79.9. The molecule has 0 saturated carbocycles. The van der Waals surface area contributed by atoms with Crippen molar-refractivity contribution in [2.75, 3.05) is 13.1 Å². The zero-order valence-corrected chi connectivity index (χ0v) is 18.0. The van der Waals surface area contributed by atoms with Crippen LogP contribution in [0, 0.1) is 0 Å². The van der Waals surface area contributed by atoms with Crippen LogP contribution in [0.4, 0.5) is 0 Å². The molecule has 1 fully saturated rings. The van der Waals surface area contributed by atoms with Crippen molar-refractivity contribution in [3.63, 3.8) is 0 Å². The number of hydrogen-bond acceptors (Lipinski definition) is 7. The van der Waals surface area contributed by atoms with Crippen molar-refractivity contribution in [3.05, 3.63) is 53.0 Å². The molecule has 0 bridgehead atoms. The van der Waals surface area contributed by atoms with Gasteiger partial charge in [-0.3, -0.25) is 0 Å². The lowest BCUT2D eigenvalue weighted by Gasteiger charge is -2.15. The molecular weight excluding hydrogens is 464 g/mol. The Kier molecular flexibility index (Phi) is 5.81. The van der Waals surface area contributed by atoms with Crippen molar-refractivity contribution in [3.8, 4) is 11.5 Å². The van der Waals surface area contributed by atoms with E-state index < -0.39 is 10.0 Å². The lowest BCUT2D eigenvalue weighted by Crippen LogP contribution is -2.27. The Morgan fingerprint density at radius 3 is 2.61 bits per heavy atom. The average Bonchev–Trinajstić information content (AvgIpc) is 3.40. The zero-order valence-electron chi connectivity index (χ0n) is 14.8. The second kappa shape index (κ2) is 8.32. The SMILES string of the molecule is O=S(=O)(c1ccc(SCc2nnc(-c3ccccc3Br)o2)nc1)N1CCCC1. The van der Waals surface area contributed by atoms with Gasteiger partial charge in [0.15, 0.2) is 0 Å². The molecule has 0 atom stereocenters. The smallest absolute Gasteiger partial charge is 0.248 e. The highest BCUT2D eigenvalue weighted by Gasteiger charge is 2.27. The number of thioether (sulfide) groups is 1. The van der Waals surface area contributed by atoms with Gasteiger partial charge in [0.25, 0.3) is 0 Å². The van der Waals surface area contributed by atoms with E-state index in [0.29, 0.717) is 35.6 Å². The molecule has 28 heavy (non-hydrogen) atoms. The summed E-state index contributed by atoms with van der Waals surface area (Å²) in [7, 11) is -3.44. The van der Waals surface area contributed by atoms with E-state index in [9.17, 15) is 8.42 Å². The number of benzene rings is 1. The van der Waals surface area contributed by atoms with Crippen LogP contribution in [0.5, 0.6) is 0 Å². The van der Waals surface area contributed by atoms with Crippen molar-refractivity contribution in [1.82, 2.24) is 19.5 Å². The minimum Gasteiger partial charge on any atom is -0.420 e. The van der Waals surface area contributed by atoms with Gasteiger partial charge in [0, 0.05) is 23.8 Å². The first-order chi connectivity index (χ1) is 13.5. The third-order valence-electron chi connectivity index (χ3n) is 4.33. The Morgan fingerprint density at radius 2 is 1.89 bits per heavy atom. The molecule has 1 saturated heterocycles. The fraction of sp³-hybridized carbons (Fsp3) is 0.278. The first-order valence-electron chi connectivity index (χ1n) is 8.70. The molecule has 10 heteroatoms. The highest BCUT2D eigenvalue weighted by molar-refractivity contribution is 9.10.